The number of benzene rings is 3. The number of aromatic nitrogens is 1. The summed E-state index contributed by atoms with van der Waals surface area (Å²) in [6.07, 6.45) is 2.18. The summed E-state index contributed by atoms with van der Waals surface area (Å²) in [5.41, 5.74) is 4.87. The van der Waals surface area contributed by atoms with Crippen LogP contribution >= 0.6 is 23.2 Å². The van der Waals surface area contributed by atoms with Crippen molar-refractivity contribution in [2.75, 3.05) is 19.6 Å². The second kappa shape index (κ2) is 10.3. The highest BCUT2D eigenvalue weighted by Gasteiger charge is 2.50. The van der Waals surface area contributed by atoms with Crippen LogP contribution in [0.5, 0.6) is 0 Å². The molecule has 2 amide bonds. The smallest absolute Gasteiger partial charge is 0.246 e. The number of hydrogen-bond donors (Lipinski definition) is 1. The number of carbonyl (C=O) groups excluding carboxylic acids is 2. The zero-order chi connectivity index (χ0) is 27.4. The summed E-state index contributed by atoms with van der Waals surface area (Å²) in [5.74, 6) is -0.0492. The van der Waals surface area contributed by atoms with Crippen molar-refractivity contribution in [1.29, 1.82) is 0 Å². The van der Waals surface area contributed by atoms with Gasteiger partial charge in [-0.1, -0.05) is 77.8 Å². The van der Waals surface area contributed by atoms with Crippen molar-refractivity contribution in [3.8, 4) is 0 Å². The molecule has 0 bridgehead atoms. The Labute approximate surface area is 243 Å². The van der Waals surface area contributed by atoms with Crippen LogP contribution in [-0.4, -0.2) is 63.2 Å². The van der Waals surface area contributed by atoms with Gasteiger partial charge in [-0.15, -0.1) is 0 Å². The van der Waals surface area contributed by atoms with E-state index in [-0.39, 0.29) is 24.4 Å². The number of nitrogens with one attached hydrogen (secondary N) is 1. The lowest BCUT2D eigenvalue weighted by Gasteiger charge is -2.50. The molecule has 3 aliphatic heterocycles. The van der Waals surface area contributed by atoms with Crippen LogP contribution in [0.15, 0.2) is 72.8 Å². The molecule has 3 aromatic carbocycles. The van der Waals surface area contributed by atoms with Crippen LogP contribution in [-0.2, 0) is 22.6 Å². The minimum Gasteiger partial charge on any atom is -0.356 e. The number of piperazine rings is 1. The van der Waals surface area contributed by atoms with Gasteiger partial charge in [0.2, 0.25) is 11.8 Å². The maximum atomic E-state index is 14.2. The molecule has 0 spiro atoms. The highest BCUT2D eigenvalue weighted by Crippen LogP contribution is 2.46. The lowest BCUT2D eigenvalue weighted by molar-refractivity contribution is -0.161. The first-order valence-electron chi connectivity index (χ1n) is 13.9. The maximum absolute atomic E-state index is 14.2. The molecule has 2 atom stereocenters. The first-order valence-corrected chi connectivity index (χ1v) is 14.7. The maximum Gasteiger partial charge on any atom is 0.246 e. The number of likely N-dealkylation sites (tertiary alicyclic amines) is 1. The van der Waals surface area contributed by atoms with Crippen LogP contribution < -0.4 is 0 Å². The summed E-state index contributed by atoms with van der Waals surface area (Å²) >= 11 is 13.5. The number of aromatic amines is 1. The number of piperidine rings is 1. The van der Waals surface area contributed by atoms with Gasteiger partial charge in [0.1, 0.15) is 18.6 Å². The van der Waals surface area contributed by atoms with Crippen molar-refractivity contribution < 1.29 is 9.59 Å². The van der Waals surface area contributed by atoms with Crippen molar-refractivity contribution in [1.82, 2.24) is 19.7 Å². The Kier molecular flexibility index (Phi) is 6.57. The molecular formula is C32H30Cl2N4O2. The standard InChI is InChI=1S/C32H30Cl2N4O2/c33-24-10-6-11-25(34)29(24)31-30-23(22-9-4-5-12-26(22)35-30)17-27-32(40)37(19-28(39)38(27)31)21-13-15-36(16-14-21)18-20-7-2-1-3-8-20/h1-12,21,27,31,35H,13-19H2/t27-,31-/m0/s1. The third-order valence-electron chi connectivity index (χ3n) is 8.81. The highest BCUT2D eigenvalue weighted by molar-refractivity contribution is 6.36. The van der Waals surface area contributed by atoms with Crippen LogP contribution in [0.3, 0.4) is 0 Å². The van der Waals surface area contributed by atoms with E-state index in [0.29, 0.717) is 22.0 Å². The average Bonchev–Trinajstić information content (AvgIpc) is 3.34. The molecule has 2 saturated heterocycles. The monoisotopic (exact) mass is 572 g/mol. The van der Waals surface area contributed by atoms with Gasteiger partial charge < -0.3 is 14.8 Å². The van der Waals surface area contributed by atoms with E-state index in [4.69, 9.17) is 23.2 Å². The van der Waals surface area contributed by atoms with Gasteiger partial charge in [0.25, 0.3) is 0 Å². The molecule has 3 aliphatic rings. The van der Waals surface area contributed by atoms with E-state index in [0.717, 1.165) is 54.6 Å². The molecule has 8 heteroatoms. The number of nitrogens with zero attached hydrogens (tertiary/aromatic N) is 3. The van der Waals surface area contributed by atoms with E-state index in [1.54, 1.807) is 23.1 Å². The van der Waals surface area contributed by atoms with Crippen LogP contribution in [0.25, 0.3) is 10.9 Å². The molecular weight excluding hydrogens is 543 g/mol. The van der Waals surface area contributed by atoms with E-state index in [2.05, 4.69) is 40.2 Å². The number of carbonyl (C=O) groups is 2. The molecule has 2 fully saturated rings. The van der Waals surface area contributed by atoms with Gasteiger partial charge in [-0.25, -0.2) is 0 Å². The first kappa shape index (κ1) is 25.6. The normalized spacial score (nSPS) is 22.1. The fourth-order valence-corrected chi connectivity index (χ4v) is 7.51. The lowest BCUT2D eigenvalue weighted by atomic mass is 9.85. The Bertz CT molecular complexity index is 1580. The van der Waals surface area contributed by atoms with Gasteiger partial charge in [0.15, 0.2) is 0 Å². The summed E-state index contributed by atoms with van der Waals surface area (Å²) < 4.78 is 0. The van der Waals surface area contributed by atoms with Crippen LogP contribution in [0, 0.1) is 0 Å². The summed E-state index contributed by atoms with van der Waals surface area (Å²) in [6, 6.07) is 22.8. The zero-order valence-electron chi connectivity index (χ0n) is 22.0. The van der Waals surface area contributed by atoms with Gasteiger partial charge >= 0.3 is 0 Å². The second-order valence-corrected chi connectivity index (χ2v) is 11.9. The van der Waals surface area contributed by atoms with Crippen molar-refractivity contribution in [2.45, 2.75) is 43.9 Å². The molecule has 0 radical (unpaired) electrons. The molecule has 4 aromatic rings. The third-order valence-corrected chi connectivity index (χ3v) is 9.47. The third kappa shape index (κ3) is 4.30. The molecule has 4 heterocycles. The van der Waals surface area contributed by atoms with E-state index in [1.807, 2.05) is 29.2 Å². The van der Waals surface area contributed by atoms with Gasteiger partial charge in [-0.3, -0.25) is 14.5 Å². The second-order valence-electron chi connectivity index (χ2n) is 11.1. The van der Waals surface area contributed by atoms with Gasteiger partial charge in [-0.05, 0) is 42.2 Å². The highest BCUT2D eigenvalue weighted by atomic mass is 35.5. The lowest BCUT2D eigenvalue weighted by Crippen LogP contribution is -2.65. The number of amides is 2. The molecule has 40 heavy (non-hydrogen) atoms. The Morgan fingerprint density at radius 3 is 2.30 bits per heavy atom. The van der Waals surface area contributed by atoms with Crippen molar-refractivity contribution in [3.05, 3.63) is 105 Å². The molecule has 1 N–H and O–H groups in total. The van der Waals surface area contributed by atoms with Crippen molar-refractivity contribution in [2.24, 2.45) is 0 Å². The molecule has 0 aliphatic carbocycles. The Morgan fingerprint density at radius 1 is 0.850 bits per heavy atom. The Morgan fingerprint density at radius 2 is 1.55 bits per heavy atom. The quantitative estimate of drug-likeness (QED) is 0.335. The average molecular weight is 574 g/mol. The summed E-state index contributed by atoms with van der Waals surface area (Å²) in [5, 5.41) is 2.03. The molecule has 6 nitrogen and oxygen atoms in total. The number of rotatable bonds is 4. The molecule has 0 unspecified atom stereocenters. The fraction of sp³-hybridized carbons (Fsp3) is 0.312. The van der Waals surface area contributed by atoms with Gasteiger partial charge in [-0.2, -0.15) is 0 Å². The predicted molar refractivity (Wildman–Crippen MR) is 157 cm³/mol. The Balaban J connectivity index is 1.20. The van der Waals surface area contributed by atoms with Crippen LogP contribution in [0.4, 0.5) is 0 Å². The number of hydrogen-bond acceptors (Lipinski definition) is 3. The largest absolute Gasteiger partial charge is 0.356 e. The summed E-state index contributed by atoms with van der Waals surface area (Å²) in [4.78, 5) is 37.8. The summed E-state index contributed by atoms with van der Waals surface area (Å²) in [7, 11) is 0. The SMILES string of the molecule is O=C1[C@@H]2Cc3c([nH]c4ccccc34)[C@H](c3c(Cl)cccc3Cl)N2C(=O)CN1C1CCN(Cc2ccccc2)CC1. The number of H-pyrrole nitrogens is 1. The molecule has 204 valence electrons. The fourth-order valence-electron chi connectivity index (χ4n) is 6.90. The molecule has 1 aromatic heterocycles. The zero-order valence-corrected chi connectivity index (χ0v) is 23.5. The van der Waals surface area contributed by atoms with E-state index < -0.39 is 12.1 Å². The van der Waals surface area contributed by atoms with Gasteiger partial charge in [0, 0.05) is 64.3 Å². The number of halogens is 2. The van der Waals surface area contributed by atoms with Crippen molar-refractivity contribution >= 4 is 45.9 Å². The molecule has 7 rings (SSSR count). The predicted octanol–water partition coefficient (Wildman–Crippen LogP) is 5.82. The minimum absolute atomic E-state index is 0.0187. The van der Waals surface area contributed by atoms with Crippen molar-refractivity contribution in [3.63, 3.8) is 0 Å². The first-order chi connectivity index (χ1) is 19.5. The molecule has 0 saturated carbocycles. The minimum atomic E-state index is -0.604. The van der Waals surface area contributed by atoms with E-state index in [1.165, 1.54) is 5.56 Å². The number of fused-ring (bicyclic) bond motifs is 4. The van der Waals surface area contributed by atoms with Crippen LogP contribution in [0.2, 0.25) is 10.0 Å². The van der Waals surface area contributed by atoms with E-state index >= 15 is 0 Å². The van der Waals surface area contributed by atoms with E-state index in [9.17, 15) is 9.59 Å². The topological polar surface area (TPSA) is 59.7 Å². The Hall–Kier alpha value is -3.32. The number of para-hydroxylation sites is 1. The summed E-state index contributed by atoms with van der Waals surface area (Å²) in [6.45, 7) is 2.78. The van der Waals surface area contributed by atoms with Gasteiger partial charge in [0.05, 0.1) is 0 Å². The van der Waals surface area contributed by atoms with Crippen LogP contribution in [0.1, 0.15) is 41.3 Å².